The maximum atomic E-state index is 4.83. The first-order valence-corrected chi connectivity index (χ1v) is 7.73. The van der Waals surface area contributed by atoms with Crippen LogP contribution in [0.3, 0.4) is 0 Å². The lowest BCUT2D eigenvalue weighted by molar-refractivity contribution is 0.162. The molecule has 2 aromatic carbocycles. The predicted octanol–water partition coefficient (Wildman–Crippen LogP) is 5.63. The van der Waals surface area contributed by atoms with Crippen molar-refractivity contribution >= 4 is 0 Å². The molecule has 0 amide bonds. The van der Waals surface area contributed by atoms with Crippen molar-refractivity contribution in [2.45, 2.75) is 41.5 Å². The van der Waals surface area contributed by atoms with Gasteiger partial charge in [-0.2, -0.15) is 0 Å². The van der Waals surface area contributed by atoms with Crippen LogP contribution in [0.25, 0.3) is 11.1 Å². The van der Waals surface area contributed by atoms with Gasteiger partial charge >= 0.3 is 0 Å². The van der Waals surface area contributed by atoms with Gasteiger partial charge < -0.3 is 4.74 Å². The van der Waals surface area contributed by atoms with Crippen LogP contribution >= 0.6 is 0 Å². The summed E-state index contributed by atoms with van der Waals surface area (Å²) in [6.45, 7) is 14.4. The number of ether oxygens (including phenoxy) is 1. The molecule has 0 radical (unpaired) electrons. The van der Waals surface area contributed by atoms with Crippen molar-refractivity contribution in [3.05, 3.63) is 58.7 Å². The molecule has 114 valence electrons. The molecule has 1 heteroatoms. The second-order valence-corrected chi connectivity index (χ2v) is 5.28. The summed E-state index contributed by atoms with van der Waals surface area (Å²) in [6.07, 6.45) is 0. The molecule has 0 atom stereocenters. The van der Waals surface area contributed by atoms with Crippen LogP contribution in [0.1, 0.15) is 36.1 Å². The summed E-state index contributed by atoms with van der Waals surface area (Å²) in [5.74, 6) is 0. The van der Waals surface area contributed by atoms with Crippen molar-refractivity contribution in [3.8, 4) is 11.1 Å². The Balaban J connectivity index is 0.000000383. The van der Waals surface area contributed by atoms with E-state index in [2.05, 4.69) is 64.1 Å². The number of benzene rings is 2. The highest BCUT2D eigenvalue weighted by molar-refractivity contribution is 5.72. The third kappa shape index (κ3) is 4.71. The van der Waals surface area contributed by atoms with E-state index >= 15 is 0 Å². The molecule has 0 saturated carbocycles. The molecule has 0 aliphatic rings. The molecule has 0 aliphatic carbocycles. The standard InChI is InChI=1S/C16H18.C4H10O/c1-11-7-5-9-15(13(11)3)16-10-6-8-12(2)14(16)4;1-3-5-4-2/h5-10H,1-4H3;3-4H2,1-2H3. The van der Waals surface area contributed by atoms with E-state index in [0.717, 1.165) is 13.2 Å². The van der Waals surface area contributed by atoms with Crippen LogP contribution in [0.15, 0.2) is 36.4 Å². The Labute approximate surface area is 130 Å². The lowest BCUT2D eigenvalue weighted by atomic mass is 9.92. The van der Waals surface area contributed by atoms with Crippen molar-refractivity contribution in [3.63, 3.8) is 0 Å². The lowest BCUT2D eigenvalue weighted by Crippen LogP contribution is -1.91. The zero-order valence-corrected chi connectivity index (χ0v) is 14.3. The summed E-state index contributed by atoms with van der Waals surface area (Å²) >= 11 is 0. The van der Waals surface area contributed by atoms with Gasteiger partial charge in [0.05, 0.1) is 0 Å². The molecular formula is C20H28O. The summed E-state index contributed by atoms with van der Waals surface area (Å²) in [5.41, 5.74) is 8.21. The minimum Gasteiger partial charge on any atom is -0.382 e. The first-order valence-electron chi connectivity index (χ1n) is 7.73. The fourth-order valence-electron chi connectivity index (χ4n) is 2.29. The van der Waals surface area contributed by atoms with Gasteiger partial charge in [0.1, 0.15) is 0 Å². The SMILES string of the molecule is CCOCC.Cc1cccc(-c2cccc(C)c2C)c1C. The first-order chi connectivity index (χ1) is 10.0. The molecular weight excluding hydrogens is 256 g/mol. The first kappa shape index (κ1) is 17.5. The summed E-state index contributed by atoms with van der Waals surface area (Å²) in [5, 5.41) is 0. The fourth-order valence-corrected chi connectivity index (χ4v) is 2.29. The van der Waals surface area contributed by atoms with Gasteiger partial charge in [-0.1, -0.05) is 36.4 Å². The Morgan fingerprint density at radius 2 is 1.05 bits per heavy atom. The quantitative estimate of drug-likeness (QED) is 0.709. The van der Waals surface area contributed by atoms with Crippen LogP contribution in [0.2, 0.25) is 0 Å². The van der Waals surface area contributed by atoms with E-state index in [0.29, 0.717) is 0 Å². The zero-order valence-electron chi connectivity index (χ0n) is 14.3. The van der Waals surface area contributed by atoms with Gasteiger partial charge in [-0.25, -0.2) is 0 Å². The van der Waals surface area contributed by atoms with Crippen molar-refractivity contribution in [1.82, 2.24) is 0 Å². The summed E-state index contributed by atoms with van der Waals surface area (Å²) in [7, 11) is 0. The van der Waals surface area contributed by atoms with E-state index in [4.69, 9.17) is 4.74 Å². The maximum Gasteiger partial charge on any atom is 0.0437 e. The highest BCUT2D eigenvalue weighted by atomic mass is 16.5. The highest BCUT2D eigenvalue weighted by Crippen LogP contribution is 2.29. The summed E-state index contributed by atoms with van der Waals surface area (Å²) in [6, 6.07) is 13.0. The van der Waals surface area contributed by atoms with Gasteiger partial charge in [-0.05, 0) is 74.9 Å². The van der Waals surface area contributed by atoms with Gasteiger partial charge in [0.2, 0.25) is 0 Å². The average Bonchev–Trinajstić information content (AvgIpc) is 2.47. The number of hydrogen-bond donors (Lipinski definition) is 0. The molecule has 2 aromatic rings. The molecule has 0 aromatic heterocycles. The molecule has 0 bridgehead atoms. The molecule has 0 saturated heterocycles. The second kappa shape index (κ2) is 8.63. The van der Waals surface area contributed by atoms with Crippen molar-refractivity contribution in [2.24, 2.45) is 0 Å². The second-order valence-electron chi connectivity index (χ2n) is 5.28. The number of aryl methyl sites for hydroxylation is 2. The predicted molar refractivity (Wildman–Crippen MR) is 93.0 cm³/mol. The van der Waals surface area contributed by atoms with E-state index in [-0.39, 0.29) is 0 Å². The number of rotatable bonds is 3. The Hall–Kier alpha value is -1.60. The van der Waals surface area contributed by atoms with E-state index in [1.165, 1.54) is 33.4 Å². The molecule has 1 nitrogen and oxygen atoms in total. The molecule has 2 rings (SSSR count). The topological polar surface area (TPSA) is 9.23 Å². The van der Waals surface area contributed by atoms with Crippen molar-refractivity contribution in [2.75, 3.05) is 13.2 Å². The monoisotopic (exact) mass is 284 g/mol. The lowest BCUT2D eigenvalue weighted by Gasteiger charge is -2.12. The van der Waals surface area contributed by atoms with Crippen molar-refractivity contribution in [1.29, 1.82) is 0 Å². The average molecular weight is 284 g/mol. The Morgan fingerprint density at radius 3 is 1.33 bits per heavy atom. The summed E-state index contributed by atoms with van der Waals surface area (Å²) in [4.78, 5) is 0. The smallest absolute Gasteiger partial charge is 0.0437 e. The van der Waals surface area contributed by atoms with Crippen LogP contribution in [0, 0.1) is 27.7 Å². The summed E-state index contributed by atoms with van der Waals surface area (Å²) < 4.78 is 4.83. The van der Waals surface area contributed by atoms with Crippen LogP contribution < -0.4 is 0 Å². The van der Waals surface area contributed by atoms with Gasteiger partial charge in [0.25, 0.3) is 0 Å². The maximum absolute atomic E-state index is 4.83. The van der Waals surface area contributed by atoms with Gasteiger partial charge in [-0.3, -0.25) is 0 Å². The molecule has 0 fully saturated rings. The van der Waals surface area contributed by atoms with E-state index in [1.807, 2.05) is 13.8 Å². The van der Waals surface area contributed by atoms with Crippen LogP contribution in [0.5, 0.6) is 0 Å². The minimum absolute atomic E-state index is 0.844. The van der Waals surface area contributed by atoms with Crippen LogP contribution in [-0.2, 0) is 4.74 Å². The van der Waals surface area contributed by atoms with Crippen LogP contribution in [0.4, 0.5) is 0 Å². The van der Waals surface area contributed by atoms with Gasteiger partial charge in [0, 0.05) is 13.2 Å². The molecule has 0 spiro atoms. The zero-order chi connectivity index (χ0) is 15.8. The Morgan fingerprint density at radius 1 is 0.667 bits per heavy atom. The van der Waals surface area contributed by atoms with E-state index < -0.39 is 0 Å². The van der Waals surface area contributed by atoms with Crippen LogP contribution in [-0.4, -0.2) is 13.2 Å². The third-order valence-corrected chi connectivity index (χ3v) is 3.91. The minimum atomic E-state index is 0.844. The third-order valence-electron chi connectivity index (χ3n) is 3.91. The van der Waals surface area contributed by atoms with Gasteiger partial charge in [-0.15, -0.1) is 0 Å². The Kier molecular flexibility index (Phi) is 7.18. The van der Waals surface area contributed by atoms with Crippen molar-refractivity contribution < 1.29 is 4.74 Å². The van der Waals surface area contributed by atoms with E-state index in [9.17, 15) is 0 Å². The molecule has 0 unspecified atom stereocenters. The van der Waals surface area contributed by atoms with Gasteiger partial charge in [0.15, 0.2) is 0 Å². The highest BCUT2D eigenvalue weighted by Gasteiger charge is 2.07. The molecule has 21 heavy (non-hydrogen) atoms. The number of hydrogen-bond acceptors (Lipinski definition) is 1. The van der Waals surface area contributed by atoms with E-state index in [1.54, 1.807) is 0 Å². The molecule has 0 heterocycles. The fraction of sp³-hybridized carbons (Fsp3) is 0.400. The molecule has 0 N–H and O–H groups in total. The Bertz CT molecular complexity index is 519. The largest absolute Gasteiger partial charge is 0.382 e. The normalized spacial score (nSPS) is 10.0. The molecule has 0 aliphatic heterocycles.